The first-order chi connectivity index (χ1) is 9.13. The average Bonchev–Trinajstić information content (AvgIpc) is 2.68. The molecule has 2 unspecified atom stereocenters. The van der Waals surface area contributed by atoms with Crippen LogP contribution in [0.4, 0.5) is 4.39 Å². The molecule has 6 heteroatoms. The van der Waals surface area contributed by atoms with Crippen LogP contribution in [-0.2, 0) is 0 Å². The maximum Gasteiger partial charge on any atom is 0.255 e. The molecule has 0 spiro atoms. The second-order valence-electron chi connectivity index (χ2n) is 5.30. The molecular formula is C14H17Cl2FN2O. The Morgan fingerprint density at radius 1 is 1.30 bits per heavy atom. The van der Waals surface area contributed by atoms with Crippen molar-refractivity contribution in [2.24, 2.45) is 0 Å². The van der Waals surface area contributed by atoms with Crippen molar-refractivity contribution in [1.82, 2.24) is 10.2 Å². The van der Waals surface area contributed by atoms with Gasteiger partial charge >= 0.3 is 0 Å². The summed E-state index contributed by atoms with van der Waals surface area (Å²) >= 11 is 5.96. The number of halogens is 3. The molecular weight excluding hydrogens is 302 g/mol. The fraction of sp³-hybridized carbons (Fsp3) is 0.500. The monoisotopic (exact) mass is 318 g/mol. The summed E-state index contributed by atoms with van der Waals surface area (Å²) in [6.07, 6.45) is 3.29. The third-order valence-corrected chi connectivity index (χ3v) is 4.28. The average molecular weight is 319 g/mol. The summed E-state index contributed by atoms with van der Waals surface area (Å²) in [6, 6.07) is 4.86. The van der Waals surface area contributed by atoms with Gasteiger partial charge in [-0.15, -0.1) is 12.4 Å². The summed E-state index contributed by atoms with van der Waals surface area (Å²) in [4.78, 5) is 14.3. The molecule has 0 radical (unpaired) electrons. The van der Waals surface area contributed by atoms with E-state index in [9.17, 15) is 9.18 Å². The van der Waals surface area contributed by atoms with Gasteiger partial charge in [-0.25, -0.2) is 4.39 Å². The lowest BCUT2D eigenvalue weighted by molar-refractivity contribution is 0.0748. The standard InChI is InChI=1S/C14H16ClFN2O.ClH/c15-13-7-9(16)1-4-12(13)14(19)18-6-5-10-2-3-11(8-18)17-10;/h1,4,7,10-11,17H,2-3,5-6,8H2;1H. The predicted octanol–water partition coefficient (Wildman–Crippen LogP) is 2.87. The van der Waals surface area contributed by atoms with Gasteiger partial charge in [0.1, 0.15) is 5.82 Å². The number of nitrogens with zero attached hydrogens (tertiary/aromatic N) is 1. The Balaban J connectivity index is 0.00000147. The summed E-state index contributed by atoms with van der Waals surface area (Å²) in [5, 5.41) is 3.71. The van der Waals surface area contributed by atoms with Gasteiger partial charge in [-0.05, 0) is 37.5 Å². The number of amides is 1. The van der Waals surface area contributed by atoms with Crippen LogP contribution in [0.1, 0.15) is 29.6 Å². The van der Waals surface area contributed by atoms with Crippen molar-refractivity contribution < 1.29 is 9.18 Å². The molecule has 2 aliphatic heterocycles. The van der Waals surface area contributed by atoms with Crippen LogP contribution in [0.3, 0.4) is 0 Å². The zero-order valence-electron chi connectivity index (χ0n) is 10.9. The topological polar surface area (TPSA) is 32.3 Å². The molecule has 3 nitrogen and oxygen atoms in total. The number of rotatable bonds is 1. The normalized spacial score (nSPS) is 25.0. The molecule has 1 aromatic carbocycles. The van der Waals surface area contributed by atoms with E-state index >= 15 is 0 Å². The van der Waals surface area contributed by atoms with E-state index in [0.717, 1.165) is 19.4 Å². The van der Waals surface area contributed by atoms with Gasteiger partial charge in [0.2, 0.25) is 0 Å². The van der Waals surface area contributed by atoms with Crippen LogP contribution < -0.4 is 5.32 Å². The summed E-state index contributed by atoms with van der Waals surface area (Å²) in [7, 11) is 0. The Morgan fingerprint density at radius 3 is 2.80 bits per heavy atom. The largest absolute Gasteiger partial charge is 0.337 e. The van der Waals surface area contributed by atoms with Crippen molar-refractivity contribution in [3.63, 3.8) is 0 Å². The molecule has 2 bridgehead atoms. The van der Waals surface area contributed by atoms with Gasteiger partial charge in [0.25, 0.3) is 5.91 Å². The van der Waals surface area contributed by atoms with Crippen LogP contribution in [0.25, 0.3) is 0 Å². The lowest BCUT2D eigenvalue weighted by Gasteiger charge is -2.24. The van der Waals surface area contributed by atoms with Crippen LogP contribution in [0, 0.1) is 5.82 Å². The highest BCUT2D eigenvalue weighted by Crippen LogP contribution is 2.24. The number of benzene rings is 1. The Hall–Kier alpha value is -0.840. The molecule has 2 aliphatic rings. The van der Waals surface area contributed by atoms with Crippen molar-refractivity contribution >= 4 is 29.9 Å². The minimum absolute atomic E-state index is 0. The molecule has 1 aromatic rings. The van der Waals surface area contributed by atoms with Crippen LogP contribution in [-0.4, -0.2) is 36.0 Å². The van der Waals surface area contributed by atoms with Crippen LogP contribution >= 0.6 is 24.0 Å². The van der Waals surface area contributed by atoms with Crippen LogP contribution in [0.5, 0.6) is 0 Å². The number of carbonyl (C=O) groups is 1. The Bertz CT molecular complexity index is 512. The smallest absolute Gasteiger partial charge is 0.255 e. The molecule has 2 heterocycles. The highest BCUT2D eigenvalue weighted by Gasteiger charge is 2.31. The third-order valence-electron chi connectivity index (χ3n) is 3.97. The molecule has 2 fully saturated rings. The van der Waals surface area contributed by atoms with Gasteiger partial charge in [0, 0.05) is 25.2 Å². The summed E-state index contributed by atoms with van der Waals surface area (Å²) < 4.78 is 13.0. The molecule has 2 saturated heterocycles. The number of hydrogen-bond acceptors (Lipinski definition) is 2. The fourth-order valence-corrected chi connectivity index (χ4v) is 3.21. The van der Waals surface area contributed by atoms with Crippen molar-refractivity contribution in [2.45, 2.75) is 31.3 Å². The number of likely N-dealkylation sites (tertiary alicyclic amines) is 1. The van der Waals surface area contributed by atoms with Crippen LogP contribution in [0.15, 0.2) is 18.2 Å². The van der Waals surface area contributed by atoms with Gasteiger partial charge in [0.05, 0.1) is 10.6 Å². The quantitative estimate of drug-likeness (QED) is 0.863. The molecule has 1 amide bonds. The van der Waals surface area contributed by atoms with E-state index in [4.69, 9.17) is 11.6 Å². The van der Waals surface area contributed by atoms with Gasteiger partial charge in [-0.1, -0.05) is 11.6 Å². The van der Waals surface area contributed by atoms with E-state index in [1.165, 1.54) is 24.6 Å². The zero-order valence-corrected chi connectivity index (χ0v) is 12.5. The molecule has 3 rings (SSSR count). The minimum Gasteiger partial charge on any atom is -0.337 e. The van der Waals surface area contributed by atoms with Gasteiger partial charge in [-0.3, -0.25) is 4.79 Å². The summed E-state index contributed by atoms with van der Waals surface area (Å²) in [6.45, 7) is 1.45. The molecule has 1 N–H and O–H groups in total. The van der Waals surface area contributed by atoms with Crippen molar-refractivity contribution in [1.29, 1.82) is 0 Å². The fourth-order valence-electron chi connectivity index (χ4n) is 2.96. The highest BCUT2D eigenvalue weighted by atomic mass is 35.5. The molecule has 110 valence electrons. The third kappa shape index (κ3) is 3.08. The van der Waals surface area contributed by atoms with Crippen molar-refractivity contribution in [3.05, 3.63) is 34.6 Å². The van der Waals surface area contributed by atoms with Crippen molar-refractivity contribution in [2.75, 3.05) is 13.1 Å². The highest BCUT2D eigenvalue weighted by molar-refractivity contribution is 6.33. The van der Waals surface area contributed by atoms with E-state index < -0.39 is 5.82 Å². The second kappa shape index (κ2) is 6.29. The Labute approximate surface area is 128 Å². The molecule has 0 saturated carbocycles. The number of fused-ring (bicyclic) bond motifs is 2. The van der Waals surface area contributed by atoms with E-state index in [0.29, 0.717) is 24.2 Å². The Kier molecular flexibility index (Phi) is 4.89. The number of carbonyl (C=O) groups excluding carboxylic acids is 1. The maximum absolute atomic E-state index is 13.0. The number of hydrogen-bond donors (Lipinski definition) is 1. The van der Waals surface area contributed by atoms with Gasteiger partial charge in [-0.2, -0.15) is 0 Å². The molecule has 0 aliphatic carbocycles. The minimum atomic E-state index is -0.418. The van der Waals surface area contributed by atoms with E-state index in [2.05, 4.69) is 5.32 Å². The first-order valence-electron chi connectivity index (χ1n) is 6.64. The lowest BCUT2D eigenvalue weighted by atomic mass is 10.1. The SMILES string of the molecule is Cl.O=C(c1ccc(F)cc1Cl)N1CCC2CCC(C1)N2. The summed E-state index contributed by atoms with van der Waals surface area (Å²) in [5.74, 6) is -0.516. The van der Waals surface area contributed by atoms with Crippen molar-refractivity contribution in [3.8, 4) is 0 Å². The van der Waals surface area contributed by atoms with Crippen LogP contribution in [0.2, 0.25) is 5.02 Å². The second-order valence-corrected chi connectivity index (χ2v) is 5.71. The maximum atomic E-state index is 13.0. The molecule has 0 aromatic heterocycles. The van der Waals surface area contributed by atoms with E-state index in [-0.39, 0.29) is 23.3 Å². The first kappa shape index (κ1) is 15.5. The summed E-state index contributed by atoms with van der Waals surface area (Å²) in [5.41, 5.74) is 0.390. The first-order valence-corrected chi connectivity index (χ1v) is 7.01. The molecule has 20 heavy (non-hydrogen) atoms. The Morgan fingerprint density at radius 2 is 2.05 bits per heavy atom. The zero-order chi connectivity index (χ0) is 13.4. The molecule has 2 atom stereocenters. The van der Waals surface area contributed by atoms with Gasteiger partial charge < -0.3 is 10.2 Å². The van der Waals surface area contributed by atoms with Gasteiger partial charge in [0.15, 0.2) is 0 Å². The predicted molar refractivity (Wildman–Crippen MR) is 79.1 cm³/mol. The number of nitrogens with one attached hydrogen (secondary N) is 1. The lowest BCUT2D eigenvalue weighted by Crippen LogP contribution is -2.39. The van der Waals surface area contributed by atoms with E-state index in [1.54, 1.807) is 0 Å². The van der Waals surface area contributed by atoms with E-state index in [1.807, 2.05) is 4.90 Å².